The van der Waals surface area contributed by atoms with Gasteiger partial charge in [-0.3, -0.25) is 4.79 Å². The van der Waals surface area contributed by atoms with Gasteiger partial charge in [0.15, 0.2) is 5.65 Å². The van der Waals surface area contributed by atoms with Crippen LogP contribution >= 0.6 is 0 Å². The summed E-state index contributed by atoms with van der Waals surface area (Å²) in [6, 6.07) is 10.8. The number of carbonyl (C=O) groups excluding carboxylic acids is 1. The molecular weight excluding hydrogens is 256 g/mol. The van der Waals surface area contributed by atoms with Crippen molar-refractivity contribution in [2.75, 3.05) is 0 Å². The standard InChI is InChI=1S/C14H11N4O2/c15-13(20)11-5-6-12(18-14(11)16-8-17-18)10-3-1-9(7-19)2-4-10/h1-6,19H,7H2,(H2,15,20). The Bertz CT molecular complexity index is 777. The fraction of sp³-hybridized carbons (Fsp3) is 0.0714. The van der Waals surface area contributed by atoms with Gasteiger partial charge in [0.1, 0.15) is 0 Å². The molecule has 0 saturated carbocycles. The molecule has 0 fully saturated rings. The van der Waals surface area contributed by atoms with Crippen LogP contribution in [0, 0.1) is 6.33 Å². The van der Waals surface area contributed by atoms with Crippen molar-refractivity contribution in [1.82, 2.24) is 14.6 Å². The van der Waals surface area contributed by atoms with Gasteiger partial charge in [0.25, 0.3) is 5.91 Å². The summed E-state index contributed by atoms with van der Waals surface area (Å²) in [6.07, 6.45) is 2.48. The number of rotatable bonds is 3. The minimum Gasteiger partial charge on any atom is -0.392 e. The summed E-state index contributed by atoms with van der Waals surface area (Å²) < 4.78 is 1.52. The molecule has 3 aromatic rings. The highest BCUT2D eigenvalue weighted by Gasteiger charge is 2.13. The summed E-state index contributed by atoms with van der Waals surface area (Å²) in [7, 11) is 0. The second kappa shape index (κ2) is 4.75. The number of carbonyl (C=O) groups is 1. The third-order valence-electron chi connectivity index (χ3n) is 3.08. The van der Waals surface area contributed by atoms with Crippen molar-refractivity contribution in [1.29, 1.82) is 0 Å². The number of benzene rings is 1. The summed E-state index contributed by atoms with van der Waals surface area (Å²) in [5.74, 6) is -0.557. The molecule has 6 nitrogen and oxygen atoms in total. The molecule has 0 aliphatic carbocycles. The average Bonchev–Trinajstić information content (AvgIpc) is 2.95. The Morgan fingerprint density at radius 1 is 1.25 bits per heavy atom. The number of nitrogens with two attached hydrogens (primary N) is 1. The summed E-state index contributed by atoms with van der Waals surface area (Å²) in [4.78, 5) is 15.3. The van der Waals surface area contributed by atoms with E-state index in [1.807, 2.05) is 24.3 Å². The first-order valence-electron chi connectivity index (χ1n) is 5.96. The van der Waals surface area contributed by atoms with E-state index in [1.165, 1.54) is 4.52 Å². The molecule has 0 bridgehead atoms. The van der Waals surface area contributed by atoms with Crippen molar-refractivity contribution in [2.24, 2.45) is 5.73 Å². The highest BCUT2D eigenvalue weighted by Crippen LogP contribution is 2.22. The molecule has 6 heteroatoms. The van der Waals surface area contributed by atoms with Crippen LogP contribution in [0.15, 0.2) is 36.4 Å². The number of pyridine rings is 1. The molecule has 3 N–H and O–H groups in total. The van der Waals surface area contributed by atoms with Crippen LogP contribution in [-0.4, -0.2) is 25.6 Å². The molecule has 0 aliphatic heterocycles. The van der Waals surface area contributed by atoms with E-state index >= 15 is 0 Å². The van der Waals surface area contributed by atoms with Crippen LogP contribution in [0.1, 0.15) is 15.9 Å². The number of nitrogens with zero attached hydrogens (tertiary/aromatic N) is 3. The van der Waals surface area contributed by atoms with E-state index < -0.39 is 5.91 Å². The number of primary amides is 1. The van der Waals surface area contributed by atoms with Crippen LogP contribution in [0.2, 0.25) is 0 Å². The van der Waals surface area contributed by atoms with Crippen molar-refractivity contribution in [3.63, 3.8) is 0 Å². The molecule has 99 valence electrons. The second-order valence-corrected chi connectivity index (χ2v) is 4.30. The van der Waals surface area contributed by atoms with Crippen molar-refractivity contribution >= 4 is 11.6 Å². The minimum absolute atomic E-state index is 0.00654. The van der Waals surface area contributed by atoms with Crippen LogP contribution in [0.5, 0.6) is 0 Å². The zero-order valence-corrected chi connectivity index (χ0v) is 10.4. The minimum atomic E-state index is -0.557. The van der Waals surface area contributed by atoms with Crippen LogP contribution < -0.4 is 5.73 Å². The molecule has 0 unspecified atom stereocenters. The largest absolute Gasteiger partial charge is 0.392 e. The number of aliphatic hydroxyl groups is 1. The van der Waals surface area contributed by atoms with E-state index in [1.54, 1.807) is 12.1 Å². The smallest absolute Gasteiger partial charge is 0.252 e. The maximum atomic E-state index is 11.3. The van der Waals surface area contributed by atoms with Gasteiger partial charge in [0, 0.05) is 5.56 Å². The first kappa shape index (κ1) is 12.3. The van der Waals surface area contributed by atoms with Crippen molar-refractivity contribution in [3.05, 3.63) is 53.9 Å². The van der Waals surface area contributed by atoms with Crippen LogP contribution in [0.25, 0.3) is 16.9 Å². The lowest BCUT2D eigenvalue weighted by Gasteiger charge is -2.07. The van der Waals surface area contributed by atoms with Gasteiger partial charge in [-0.05, 0) is 17.7 Å². The van der Waals surface area contributed by atoms with Crippen molar-refractivity contribution < 1.29 is 9.90 Å². The van der Waals surface area contributed by atoms with E-state index in [2.05, 4.69) is 16.4 Å². The van der Waals surface area contributed by atoms with Gasteiger partial charge in [-0.1, -0.05) is 24.3 Å². The predicted octanol–water partition coefficient (Wildman–Crippen LogP) is 0.788. The Balaban J connectivity index is 2.19. The van der Waals surface area contributed by atoms with Gasteiger partial charge in [-0.2, -0.15) is 0 Å². The summed E-state index contributed by atoms with van der Waals surface area (Å²) in [5.41, 5.74) is 8.46. The molecule has 1 amide bonds. The van der Waals surface area contributed by atoms with Gasteiger partial charge in [0.2, 0.25) is 6.33 Å². The third-order valence-corrected chi connectivity index (χ3v) is 3.08. The molecule has 0 spiro atoms. The topological polar surface area (TPSA) is 93.5 Å². The quantitative estimate of drug-likeness (QED) is 0.733. The average molecular weight is 267 g/mol. The van der Waals surface area contributed by atoms with E-state index in [4.69, 9.17) is 10.8 Å². The van der Waals surface area contributed by atoms with E-state index in [-0.39, 0.29) is 6.61 Å². The monoisotopic (exact) mass is 267 g/mol. The van der Waals surface area contributed by atoms with Crippen LogP contribution in [-0.2, 0) is 6.61 Å². The Kier molecular flexibility index (Phi) is 2.92. The Labute approximate surface area is 114 Å². The molecular formula is C14H11N4O2. The summed E-state index contributed by atoms with van der Waals surface area (Å²) in [6.45, 7) is -0.00654. The highest BCUT2D eigenvalue weighted by atomic mass is 16.3. The first-order valence-corrected chi connectivity index (χ1v) is 5.96. The van der Waals surface area contributed by atoms with Gasteiger partial charge in [-0.15, -0.1) is 5.10 Å². The molecule has 3 rings (SSSR count). The zero-order valence-electron chi connectivity index (χ0n) is 10.4. The van der Waals surface area contributed by atoms with E-state index in [0.717, 1.165) is 16.8 Å². The van der Waals surface area contributed by atoms with Gasteiger partial charge < -0.3 is 10.8 Å². The highest BCUT2D eigenvalue weighted by molar-refractivity contribution is 5.99. The molecule has 0 aliphatic rings. The molecule has 2 heterocycles. The van der Waals surface area contributed by atoms with Crippen LogP contribution in [0.4, 0.5) is 0 Å². The molecule has 0 atom stereocenters. The second-order valence-electron chi connectivity index (χ2n) is 4.30. The predicted molar refractivity (Wildman–Crippen MR) is 71.7 cm³/mol. The maximum absolute atomic E-state index is 11.3. The fourth-order valence-electron chi connectivity index (χ4n) is 2.05. The Morgan fingerprint density at radius 2 is 2.00 bits per heavy atom. The fourth-order valence-corrected chi connectivity index (χ4v) is 2.05. The summed E-state index contributed by atoms with van der Waals surface area (Å²) in [5, 5.41) is 13.1. The van der Waals surface area contributed by atoms with Crippen molar-refractivity contribution in [2.45, 2.75) is 6.61 Å². The number of aromatic nitrogens is 3. The number of amides is 1. The number of aliphatic hydroxyl groups excluding tert-OH is 1. The van der Waals surface area contributed by atoms with E-state index in [0.29, 0.717) is 11.2 Å². The third kappa shape index (κ3) is 1.92. The maximum Gasteiger partial charge on any atom is 0.252 e. The van der Waals surface area contributed by atoms with Gasteiger partial charge in [0.05, 0.1) is 17.9 Å². The lowest BCUT2D eigenvalue weighted by molar-refractivity contribution is 0.100. The molecule has 1 radical (unpaired) electrons. The van der Waals surface area contributed by atoms with Crippen LogP contribution in [0.3, 0.4) is 0 Å². The van der Waals surface area contributed by atoms with Gasteiger partial charge in [-0.25, -0.2) is 9.50 Å². The molecule has 0 saturated heterocycles. The number of hydrogen-bond acceptors (Lipinski definition) is 4. The lowest BCUT2D eigenvalue weighted by Crippen LogP contribution is -2.13. The Morgan fingerprint density at radius 3 is 2.65 bits per heavy atom. The lowest BCUT2D eigenvalue weighted by atomic mass is 10.1. The number of hydrogen-bond donors (Lipinski definition) is 2. The Hall–Kier alpha value is -2.73. The zero-order chi connectivity index (χ0) is 14.1. The number of fused-ring (bicyclic) bond motifs is 1. The van der Waals surface area contributed by atoms with Gasteiger partial charge >= 0.3 is 0 Å². The first-order chi connectivity index (χ1) is 9.70. The molecule has 2 aromatic heterocycles. The molecule has 20 heavy (non-hydrogen) atoms. The SMILES string of the molecule is NC(=O)c1ccc(-c2ccc(CO)cc2)n2n[c]nc12. The summed E-state index contributed by atoms with van der Waals surface area (Å²) >= 11 is 0. The van der Waals surface area contributed by atoms with Crippen molar-refractivity contribution in [3.8, 4) is 11.3 Å². The molecule has 1 aromatic carbocycles. The normalized spacial score (nSPS) is 10.8. The van der Waals surface area contributed by atoms with E-state index in [9.17, 15) is 4.79 Å².